The third-order valence-electron chi connectivity index (χ3n) is 3.11. The number of aromatic amines is 1. The van der Waals surface area contributed by atoms with E-state index in [0.717, 1.165) is 16.6 Å². The molecule has 0 aliphatic heterocycles. The average molecular weight is 266 g/mol. The molecule has 0 aliphatic rings. The molecule has 2 aromatic rings. The van der Waals surface area contributed by atoms with Gasteiger partial charge < -0.3 is 25.6 Å². The highest BCUT2D eigenvalue weighted by Crippen LogP contribution is 2.13. The van der Waals surface area contributed by atoms with Gasteiger partial charge in [-0.2, -0.15) is 0 Å². The summed E-state index contributed by atoms with van der Waals surface area (Å²) in [5.74, 6) is -0.384. The highest BCUT2D eigenvalue weighted by molar-refractivity contribution is 5.77. The van der Waals surface area contributed by atoms with Gasteiger partial charge in [0.2, 0.25) is 0 Å². The van der Waals surface area contributed by atoms with E-state index in [4.69, 9.17) is 10.2 Å². The minimum atomic E-state index is -0.914. The zero-order chi connectivity index (χ0) is 13.7. The van der Waals surface area contributed by atoms with Crippen LogP contribution in [0.1, 0.15) is 5.56 Å². The van der Waals surface area contributed by atoms with Crippen LogP contribution in [0.4, 0.5) is 0 Å². The van der Waals surface area contributed by atoms with Gasteiger partial charge in [-0.15, -0.1) is 0 Å². The molecule has 0 bridgehead atoms. The summed E-state index contributed by atoms with van der Waals surface area (Å²) < 4.78 is 0. The lowest BCUT2D eigenvalue weighted by Crippen LogP contribution is -2.35. The smallest absolute Gasteiger partial charge is 0.116 e. The summed E-state index contributed by atoms with van der Waals surface area (Å²) in [7, 11) is 0. The predicted molar refractivity (Wildman–Crippen MR) is 69.3 cm³/mol. The minimum Gasteiger partial charge on any atom is -0.396 e. The molecule has 2 atom stereocenters. The molecule has 0 aliphatic carbocycles. The maximum Gasteiger partial charge on any atom is 0.116 e. The molecule has 0 saturated heterocycles. The lowest BCUT2D eigenvalue weighted by atomic mass is 10.0. The number of hydrogen-bond acceptors (Lipinski definition) is 6. The molecule has 5 N–H and O–H groups in total. The second kappa shape index (κ2) is 6.58. The molecule has 0 aromatic carbocycles. The molecule has 2 heterocycles. The van der Waals surface area contributed by atoms with E-state index in [1.807, 2.05) is 6.20 Å². The Bertz CT molecular complexity index is 516. The molecule has 104 valence electrons. The monoisotopic (exact) mass is 266 g/mol. The number of rotatable bonds is 7. The maximum absolute atomic E-state index is 9.47. The number of fused-ring (bicyclic) bond motifs is 1. The van der Waals surface area contributed by atoms with E-state index in [0.29, 0.717) is 13.1 Å². The standard InChI is InChI=1S/C12H18N4O3/c17-5-9(11(19)6-18)2-13-1-8-3-15-10-4-14-7-16-12(8)10/h3-4,7,9,11,13,15,17-19H,1-2,5-6H2. The summed E-state index contributed by atoms with van der Waals surface area (Å²) in [6, 6.07) is 0. The van der Waals surface area contributed by atoms with Crippen LogP contribution in [0, 0.1) is 5.92 Å². The second-order valence-corrected chi connectivity index (χ2v) is 4.42. The number of nitrogens with one attached hydrogen (secondary N) is 2. The van der Waals surface area contributed by atoms with Gasteiger partial charge in [0.1, 0.15) is 6.33 Å². The molecule has 0 radical (unpaired) electrons. The van der Waals surface area contributed by atoms with E-state index < -0.39 is 6.10 Å². The number of hydrogen-bond donors (Lipinski definition) is 5. The van der Waals surface area contributed by atoms with Crippen molar-refractivity contribution in [3.05, 3.63) is 24.3 Å². The SMILES string of the molecule is OCC(O)C(CO)CNCc1c[nH]c2cncnc12. The van der Waals surface area contributed by atoms with Crippen LogP contribution in [0.15, 0.2) is 18.7 Å². The number of H-pyrrole nitrogens is 1. The molecule has 0 spiro atoms. The quantitative estimate of drug-likeness (QED) is 0.439. The highest BCUT2D eigenvalue weighted by atomic mass is 16.3. The average Bonchev–Trinajstić information content (AvgIpc) is 2.86. The van der Waals surface area contributed by atoms with Gasteiger partial charge in [0.15, 0.2) is 0 Å². The summed E-state index contributed by atoms with van der Waals surface area (Å²) in [5.41, 5.74) is 2.71. The first-order chi connectivity index (χ1) is 9.26. The van der Waals surface area contributed by atoms with Crippen LogP contribution in [0.5, 0.6) is 0 Å². The van der Waals surface area contributed by atoms with Crippen molar-refractivity contribution >= 4 is 11.0 Å². The third kappa shape index (κ3) is 3.27. The Kier molecular flexibility index (Phi) is 4.80. The summed E-state index contributed by atoms with van der Waals surface area (Å²) in [6.07, 6.45) is 4.13. The van der Waals surface area contributed by atoms with Crippen molar-refractivity contribution in [3.8, 4) is 0 Å². The van der Waals surface area contributed by atoms with E-state index in [-0.39, 0.29) is 19.1 Å². The number of aliphatic hydroxyl groups is 3. The summed E-state index contributed by atoms with van der Waals surface area (Å²) in [5, 5.41) is 30.6. The Morgan fingerprint density at radius 2 is 2.16 bits per heavy atom. The van der Waals surface area contributed by atoms with Crippen LogP contribution < -0.4 is 5.32 Å². The first-order valence-electron chi connectivity index (χ1n) is 6.12. The van der Waals surface area contributed by atoms with Gasteiger partial charge in [-0.3, -0.25) is 0 Å². The summed E-state index contributed by atoms with van der Waals surface area (Å²) in [6.45, 7) is 0.444. The van der Waals surface area contributed by atoms with Crippen molar-refractivity contribution in [3.63, 3.8) is 0 Å². The summed E-state index contributed by atoms with van der Waals surface area (Å²) >= 11 is 0. The predicted octanol–water partition coefficient (Wildman–Crippen LogP) is -0.991. The van der Waals surface area contributed by atoms with Crippen LogP contribution in [0.2, 0.25) is 0 Å². The summed E-state index contributed by atoms with van der Waals surface area (Å²) in [4.78, 5) is 11.2. The molecule has 2 aromatic heterocycles. The fraction of sp³-hybridized carbons (Fsp3) is 0.500. The van der Waals surface area contributed by atoms with Crippen LogP contribution in [0.3, 0.4) is 0 Å². The van der Waals surface area contributed by atoms with Gasteiger partial charge in [0.05, 0.1) is 29.9 Å². The molecule has 19 heavy (non-hydrogen) atoms. The van der Waals surface area contributed by atoms with Gasteiger partial charge in [-0.1, -0.05) is 0 Å². The Balaban J connectivity index is 1.92. The Morgan fingerprint density at radius 3 is 2.89 bits per heavy atom. The Labute approximate surface area is 110 Å². The fourth-order valence-electron chi connectivity index (χ4n) is 1.92. The highest BCUT2D eigenvalue weighted by Gasteiger charge is 2.17. The molecule has 7 heteroatoms. The van der Waals surface area contributed by atoms with Crippen molar-refractivity contribution in [2.24, 2.45) is 5.92 Å². The second-order valence-electron chi connectivity index (χ2n) is 4.42. The molecular weight excluding hydrogens is 248 g/mol. The Hall–Kier alpha value is -1.54. The maximum atomic E-state index is 9.47. The molecule has 0 fully saturated rings. The van der Waals surface area contributed by atoms with E-state index in [9.17, 15) is 5.11 Å². The lowest BCUT2D eigenvalue weighted by Gasteiger charge is -2.19. The van der Waals surface area contributed by atoms with Crippen molar-refractivity contribution in [1.82, 2.24) is 20.3 Å². The van der Waals surface area contributed by atoms with E-state index in [2.05, 4.69) is 20.3 Å². The van der Waals surface area contributed by atoms with Gasteiger partial charge in [-0.05, 0) is 0 Å². The van der Waals surface area contributed by atoms with Gasteiger partial charge in [0, 0.05) is 37.4 Å². The zero-order valence-corrected chi connectivity index (χ0v) is 10.5. The number of aliphatic hydroxyl groups excluding tert-OH is 3. The first kappa shape index (κ1) is 13.9. The molecule has 0 saturated carbocycles. The largest absolute Gasteiger partial charge is 0.396 e. The van der Waals surface area contributed by atoms with Gasteiger partial charge in [-0.25, -0.2) is 9.97 Å². The first-order valence-corrected chi connectivity index (χ1v) is 6.12. The van der Waals surface area contributed by atoms with E-state index >= 15 is 0 Å². The molecule has 0 amide bonds. The van der Waals surface area contributed by atoms with Crippen LogP contribution in [-0.2, 0) is 6.54 Å². The number of nitrogens with zero attached hydrogens (tertiary/aromatic N) is 2. The van der Waals surface area contributed by atoms with Crippen molar-refractivity contribution in [1.29, 1.82) is 0 Å². The van der Waals surface area contributed by atoms with Crippen molar-refractivity contribution < 1.29 is 15.3 Å². The molecular formula is C12H18N4O3. The van der Waals surface area contributed by atoms with Crippen molar-refractivity contribution in [2.45, 2.75) is 12.6 Å². The Morgan fingerprint density at radius 1 is 1.32 bits per heavy atom. The van der Waals surface area contributed by atoms with Gasteiger partial charge >= 0.3 is 0 Å². The normalized spacial score (nSPS) is 14.7. The fourth-order valence-corrected chi connectivity index (χ4v) is 1.92. The topological polar surface area (TPSA) is 114 Å². The molecule has 2 unspecified atom stereocenters. The third-order valence-corrected chi connectivity index (χ3v) is 3.11. The van der Waals surface area contributed by atoms with Crippen LogP contribution >= 0.6 is 0 Å². The van der Waals surface area contributed by atoms with Gasteiger partial charge in [0.25, 0.3) is 0 Å². The lowest BCUT2D eigenvalue weighted by molar-refractivity contribution is 0.0228. The minimum absolute atomic E-state index is 0.176. The zero-order valence-electron chi connectivity index (χ0n) is 10.5. The van der Waals surface area contributed by atoms with Crippen molar-refractivity contribution in [2.75, 3.05) is 19.8 Å². The van der Waals surface area contributed by atoms with E-state index in [1.54, 1.807) is 6.20 Å². The molecule has 2 rings (SSSR count). The van der Waals surface area contributed by atoms with Crippen LogP contribution in [0.25, 0.3) is 11.0 Å². The molecule has 7 nitrogen and oxygen atoms in total. The number of aromatic nitrogens is 3. The van der Waals surface area contributed by atoms with E-state index in [1.165, 1.54) is 6.33 Å². The van der Waals surface area contributed by atoms with Crippen LogP contribution in [-0.4, -0.2) is 56.1 Å².